The number of nitrogens with zero attached hydrogens (tertiary/aromatic N) is 3. The number of amides is 2. The van der Waals surface area contributed by atoms with Crippen molar-refractivity contribution < 1.29 is 32.3 Å². The van der Waals surface area contributed by atoms with E-state index < -0.39 is 24.1 Å². The fourth-order valence-corrected chi connectivity index (χ4v) is 5.38. The number of carbonyl (C=O) groups excluding carboxylic acids is 3. The van der Waals surface area contributed by atoms with Crippen molar-refractivity contribution >= 4 is 29.2 Å². The number of ether oxygens (including phenoxy) is 1. The molecular weight excluding hydrogens is 599 g/mol. The fraction of sp³-hybridized carbons (Fsp3) is 0.419. The number of hydrogen-bond acceptors (Lipinski definition) is 6. The minimum absolute atomic E-state index is 0.0162. The standard InChI is InChI=1S/C31H35ClF3N5O4/c1-4-40-16-24(38-30(40)18(2)41)21-8-6-20(7-9-21)14-22(15-37-26(42)17-39-12-5-13-39)27-23(29(36)43)10-11-25(28(27)32)44-19(3)31(33,34)35/h6-11,16,19,22H,4-5,12-15,17H2,1-3H3,(H2,36,43)(H,37,42)/t19-,22-/m1/s1. The number of likely N-dealkylation sites (tertiary alicyclic amines) is 1. The summed E-state index contributed by atoms with van der Waals surface area (Å²) in [6.45, 7) is 6.70. The van der Waals surface area contributed by atoms with Gasteiger partial charge in [0.15, 0.2) is 17.7 Å². The van der Waals surface area contributed by atoms with Gasteiger partial charge in [0.1, 0.15) is 5.75 Å². The Morgan fingerprint density at radius 1 is 1.14 bits per heavy atom. The number of hydrogen-bond donors (Lipinski definition) is 2. The van der Waals surface area contributed by atoms with Gasteiger partial charge in [-0.05, 0) is 63.0 Å². The molecule has 0 saturated carbocycles. The van der Waals surface area contributed by atoms with Gasteiger partial charge in [0.25, 0.3) is 0 Å². The Kier molecular flexibility index (Phi) is 10.4. The van der Waals surface area contributed by atoms with Crippen LogP contribution in [0.1, 0.15) is 65.2 Å². The van der Waals surface area contributed by atoms with E-state index in [-0.39, 0.29) is 53.1 Å². The third kappa shape index (κ3) is 7.78. The second-order valence-corrected chi connectivity index (χ2v) is 11.2. The van der Waals surface area contributed by atoms with Crippen molar-refractivity contribution in [3.63, 3.8) is 0 Å². The number of aryl methyl sites for hydroxylation is 1. The number of nitrogens with one attached hydrogen (secondary N) is 1. The molecule has 2 amide bonds. The minimum Gasteiger partial charge on any atom is -0.480 e. The summed E-state index contributed by atoms with van der Waals surface area (Å²) in [7, 11) is 0. The molecule has 2 heterocycles. The number of benzene rings is 2. The van der Waals surface area contributed by atoms with Gasteiger partial charge in [-0.2, -0.15) is 13.2 Å². The second kappa shape index (κ2) is 13.8. The van der Waals surface area contributed by atoms with Crippen molar-refractivity contribution in [2.24, 2.45) is 5.73 Å². The van der Waals surface area contributed by atoms with E-state index in [0.717, 1.165) is 37.6 Å². The van der Waals surface area contributed by atoms with Gasteiger partial charge >= 0.3 is 6.18 Å². The van der Waals surface area contributed by atoms with E-state index in [1.165, 1.54) is 19.1 Å². The SMILES string of the molecule is CCn1cc(-c2ccc(C[C@H](CNC(=O)CN3CCC3)c3c(C(N)=O)ccc(O[C@H](C)C(F)(F)F)c3Cl)cc2)nc1C(C)=O. The molecule has 1 aliphatic heterocycles. The van der Waals surface area contributed by atoms with Gasteiger partial charge in [-0.25, -0.2) is 4.98 Å². The Labute approximate surface area is 258 Å². The molecule has 1 saturated heterocycles. The molecule has 0 unspecified atom stereocenters. The normalized spacial score (nSPS) is 14.9. The molecule has 44 heavy (non-hydrogen) atoms. The molecule has 1 aliphatic rings. The number of halogens is 4. The monoisotopic (exact) mass is 633 g/mol. The Morgan fingerprint density at radius 2 is 1.82 bits per heavy atom. The van der Waals surface area contributed by atoms with Crippen LogP contribution in [-0.2, 0) is 17.8 Å². The van der Waals surface area contributed by atoms with Crippen LogP contribution in [0.3, 0.4) is 0 Å². The van der Waals surface area contributed by atoms with Crippen LogP contribution in [0.4, 0.5) is 13.2 Å². The first-order chi connectivity index (χ1) is 20.8. The van der Waals surface area contributed by atoms with Gasteiger partial charge in [-0.15, -0.1) is 0 Å². The lowest BCUT2D eigenvalue weighted by molar-refractivity contribution is -0.189. The number of alkyl halides is 3. The van der Waals surface area contributed by atoms with E-state index in [2.05, 4.69) is 10.3 Å². The number of rotatable bonds is 13. The topological polar surface area (TPSA) is 120 Å². The number of nitrogens with two attached hydrogens (primary N) is 1. The maximum absolute atomic E-state index is 13.3. The Morgan fingerprint density at radius 3 is 2.34 bits per heavy atom. The van der Waals surface area contributed by atoms with E-state index in [0.29, 0.717) is 18.1 Å². The molecule has 9 nitrogen and oxygen atoms in total. The highest BCUT2D eigenvalue weighted by molar-refractivity contribution is 6.33. The molecule has 0 aliphatic carbocycles. The van der Waals surface area contributed by atoms with Crippen molar-refractivity contribution in [3.8, 4) is 17.0 Å². The molecule has 1 fully saturated rings. The van der Waals surface area contributed by atoms with E-state index in [4.69, 9.17) is 22.1 Å². The van der Waals surface area contributed by atoms with E-state index >= 15 is 0 Å². The van der Waals surface area contributed by atoms with Crippen LogP contribution < -0.4 is 15.8 Å². The highest BCUT2D eigenvalue weighted by Crippen LogP contribution is 2.39. The van der Waals surface area contributed by atoms with Crippen LogP contribution in [0, 0.1) is 0 Å². The Balaban J connectivity index is 1.67. The lowest BCUT2D eigenvalue weighted by atomic mass is 9.87. The lowest BCUT2D eigenvalue weighted by Gasteiger charge is -2.30. The van der Waals surface area contributed by atoms with Crippen LogP contribution in [0.5, 0.6) is 5.75 Å². The van der Waals surface area contributed by atoms with E-state index in [1.807, 2.05) is 36.1 Å². The third-order valence-electron chi connectivity index (χ3n) is 7.61. The zero-order chi connectivity index (χ0) is 32.2. The third-order valence-corrected chi connectivity index (χ3v) is 8.00. The quantitative estimate of drug-likeness (QED) is 0.256. The molecule has 2 aromatic carbocycles. The molecule has 2 atom stereocenters. The first-order valence-electron chi connectivity index (χ1n) is 14.3. The largest absolute Gasteiger partial charge is 0.480 e. The second-order valence-electron chi connectivity index (χ2n) is 10.8. The summed E-state index contributed by atoms with van der Waals surface area (Å²) in [5.41, 5.74) is 8.06. The van der Waals surface area contributed by atoms with Crippen molar-refractivity contribution in [3.05, 3.63) is 70.1 Å². The molecule has 1 aromatic heterocycles. The van der Waals surface area contributed by atoms with Crippen LogP contribution >= 0.6 is 11.6 Å². The highest BCUT2D eigenvalue weighted by atomic mass is 35.5. The zero-order valence-corrected chi connectivity index (χ0v) is 25.5. The van der Waals surface area contributed by atoms with Gasteiger partial charge in [0, 0.05) is 43.3 Å². The average Bonchev–Trinajstić information content (AvgIpc) is 3.39. The predicted octanol–water partition coefficient (Wildman–Crippen LogP) is 5.00. The molecule has 0 radical (unpaired) electrons. The van der Waals surface area contributed by atoms with Crippen LogP contribution in [0.2, 0.25) is 5.02 Å². The molecule has 0 bridgehead atoms. The predicted molar refractivity (Wildman–Crippen MR) is 160 cm³/mol. The molecule has 4 rings (SSSR count). The van der Waals surface area contributed by atoms with Gasteiger partial charge in [0.05, 0.1) is 17.3 Å². The van der Waals surface area contributed by atoms with Gasteiger partial charge < -0.3 is 20.4 Å². The van der Waals surface area contributed by atoms with Crippen molar-refractivity contribution in [2.45, 2.75) is 58.4 Å². The van der Waals surface area contributed by atoms with E-state index in [1.54, 1.807) is 10.8 Å². The maximum Gasteiger partial charge on any atom is 0.425 e. The van der Waals surface area contributed by atoms with Gasteiger partial charge in [-0.3, -0.25) is 19.3 Å². The zero-order valence-electron chi connectivity index (χ0n) is 24.7. The summed E-state index contributed by atoms with van der Waals surface area (Å²) in [5.74, 6) is -1.74. The maximum atomic E-state index is 13.3. The Bertz CT molecular complexity index is 1520. The number of aromatic nitrogens is 2. The summed E-state index contributed by atoms with van der Waals surface area (Å²) < 4.78 is 46.8. The smallest absolute Gasteiger partial charge is 0.425 e. The Hall–Kier alpha value is -3.90. The van der Waals surface area contributed by atoms with Crippen molar-refractivity contribution in [1.29, 1.82) is 0 Å². The van der Waals surface area contributed by atoms with Crippen LogP contribution in [-0.4, -0.2) is 70.5 Å². The minimum atomic E-state index is -4.64. The number of imidazole rings is 1. The molecule has 3 N–H and O–H groups in total. The van der Waals surface area contributed by atoms with Crippen LogP contribution in [0.15, 0.2) is 42.6 Å². The molecule has 0 spiro atoms. The summed E-state index contributed by atoms with van der Waals surface area (Å²) in [6.07, 6.45) is -3.73. The van der Waals surface area contributed by atoms with E-state index in [9.17, 15) is 27.6 Å². The summed E-state index contributed by atoms with van der Waals surface area (Å²) in [5, 5.41) is 2.70. The summed E-state index contributed by atoms with van der Waals surface area (Å²) in [6, 6.07) is 9.83. The van der Waals surface area contributed by atoms with Crippen molar-refractivity contribution in [1.82, 2.24) is 19.8 Å². The highest BCUT2D eigenvalue weighted by Gasteiger charge is 2.39. The molecule has 236 valence electrons. The fourth-order valence-electron chi connectivity index (χ4n) is 5.02. The number of carbonyl (C=O) groups is 3. The summed E-state index contributed by atoms with van der Waals surface area (Å²) in [4.78, 5) is 43.6. The lowest BCUT2D eigenvalue weighted by Crippen LogP contribution is -2.45. The van der Waals surface area contributed by atoms with Gasteiger partial charge in [0.2, 0.25) is 11.8 Å². The first kappa shape index (κ1) is 33.0. The van der Waals surface area contributed by atoms with Gasteiger partial charge in [-0.1, -0.05) is 35.9 Å². The first-order valence-corrected chi connectivity index (χ1v) is 14.7. The molecular formula is C31H35ClF3N5O4. The number of primary amides is 1. The molecule has 3 aromatic rings. The number of Topliss-reactive ketones (excluding diaryl/α,β-unsaturated/α-hetero) is 1. The van der Waals surface area contributed by atoms with Crippen LogP contribution in [0.25, 0.3) is 11.3 Å². The average molecular weight is 634 g/mol. The molecule has 13 heteroatoms. The van der Waals surface area contributed by atoms with Crippen molar-refractivity contribution in [2.75, 3.05) is 26.2 Å². The number of ketones is 1. The summed E-state index contributed by atoms with van der Waals surface area (Å²) >= 11 is 6.65.